The van der Waals surface area contributed by atoms with Crippen LogP contribution in [0.25, 0.3) is 0 Å². The maximum absolute atomic E-state index is 10.9. The monoisotopic (exact) mass is 272 g/mol. The van der Waals surface area contributed by atoms with Crippen molar-refractivity contribution in [1.29, 1.82) is 0 Å². The molecule has 1 heterocycles. The van der Waals surface area contributed by atoms with Gasteiger partial charge in [0.2, 0.25) is 0 Å². The Balaban J connectivity index is 2.36. The second kappa shape index (κ2) is 6.46. The molecule has 0 saturated carbocycles. The van der Waals surface area contributed by atoms with Gasteiger partial charge in [-0.05, 0) is 25.1 Å². The Morgan fingerprint density at radius 3 is 2.78 bits per heavy atom. The first-order valence-electron chi connectivity index (χ1n) is 5.46. The number of carboxylic acids is 1. The molecule has 2 N–H and O–H groups in total. The summed E-state index contributed by atoms with van der Waals surface area (Å²) in [7, 11) is -2.92. The average molecular weight is 272 g/mol. The van der Waals surface area contributed by atoms with Crippen LogP contribution in [0.15, 0.2) is 18.2 Å². The summed E-state index contributed by atoms with van der Waals surface area (Å²) in [6, 6.07) is 4.77. The molecule has 0 bridgehead atoms. The minimum Gasteiger partial charge on any atom is -0.477 e. The summed E-state index contributed by atoms with van der Waals surface area (Å²) in [5.41, 5.74) is 0.625. The van der Waals surface area contributed by atoms with Crippen molar-refractivity contribution >= 4 is 15.8 Å². The van der Waals surface area contributed by atoms with Crippen LogP contribution in [0.4, 0.5) is 0 Å². The number of aromatic carboxylic acids is 1. The number of carbonyl (C=O) groups is 1. The van der Waals surface area contributed by atoms with Crippen LogP contribution < -0.4 is 5.32 Å². The molecule has 0 aromatic carbocycles. The number of nitrogens with one attached hydrogen (secondary N) is 1. The van der Waals surface area contributed by atoms with Crippen LogP contribution in [0.1, 0.15) is 22.6 Å². The molecule has 0 unspecified atom stereocenters. The number of aromatic nitrogens is 1. The summed E-state index contributed by atoms with van der Waals surface area (Å²) in [5.74, 6) is -0.920. The summed E-state index contributed by atoms with van der Waals surface area (Å²) in [4.78, 5) is 14.6. The standard InChI is InChI=1S/C11H16N2O4S/c1-18(16,17)7-3-6-12-8-9-4-2-5-10(13-9)11(14)15/h2,4-5,12H,3,6-8H2,1H3,(H,14,15). The highest BCUT2D eigenvalue weighted by atomic mass is 32.2. The van der Waals surface area contributed by atoms with Crippen molar-refractivity contribution in [2.75, 3.05) is 18.6 Å². The molecule has 7 heteroatoms. The maximum atomic E-state index is 10.9. The van der Waals surface area contributed by atoms with E-state index in [-0.39, 0.29) is 11.4 Å². The Kier molecular flexibility index (Phi) is 5.24. The second-order valence-corrected chi connectivity index (χ2v) is 6.24. The zero-order valence-electron chi connectivity index (χ0n) is 10.1. The Bertz CT molecular complexity index is 514. The van der Waals surface area contributed by atoms with E-state index >= 15 is 0 Å². The van der Waals surface area contributed by atoms with Crippen molar-refractivity contribution < 1.29 is 18.3 Å². The number of hydrogen-bond donors (Lipinski definition) is 2. The summed E-state index contributed by atoms with van der Waals surface area (Å²) in [5, 5.41) is 11.8. The number of pyridine rings is 1. The summed E-state index contributed by atoms with van der Waals surface area (Å²) in [6.45, 7) is 0.969. The topological polar surface area (TPSA) is 96.4 Å². The van der Waals surface area contributed by atoms with Crippen LogP contribution in [-0.4, -0.2) is 43.0 Å². The highest BCUT2D eigenvalue weighted by molar-refractivity contribution is 7.90. The van der Waals surface area contributed by atoms with Crippen LogP contribution in [-0.2, 0) is 16.4 Å². The number of nitrogens with zero attached hydrogens (tertiary/aromatic N) is 1. The van der Waals surface area contributed by atoms with Gasteiger partial charge < -0.3 is 10.4 Å². The van der Waals surface area contributed by atoms with Crippen molar-refractivity contribution in [3.63, 3.8) is 0 Å². The van der Waals surface area contributed by atoms with Crippen LogP contribution in [0.3, 0.4) is 0 Å². The maximum Gasteiger partial charge on any atom is 0.354 e. The smallest absolute Gasteiger partial charge is 0.354 e. The molecule has 0 amide bonds. The van der Waals surface area contributed by atoms with Gasteiger partial charge in [0.05, 0.1) is 11.4 Å². The lowest BCUT2D eigenvalue weighted by atomic mass is 10.3. The molecule has 18 heavy (non-hydrogen) atoms. The van der Waals surface area contributed by atoms with Gasteiger partial charge in [-0.1, -0.05) is 6.07 Å². The van der Waals surface area contributed by atoms with Crippen LogP contribution >= 0.6 is 0 Å². The summed E-state index contributed by atoms with van der Waals surface area (Å²) < 4.78 is 21.8. The summed E-state index contributed by atoms with van der Waals surface area (Å²) >= 11 is 0. The second-order valence-electron chi connectivity index (χ2n) is 3.98. The third-order valence-electron chi connectivity index (χ3n) is 2.20. The molecule has 0 aliphatic heterocycles. The minimum absolute atomic E-state index is 0.00503. The van der Waals surface area contributed by atoms with E-state index in [2.05, 4.69) is 10.3 Å². The molecule has 0 atom stereocenters. The predicted molar refractivity (Wildman–Crippen MR) is 67.2 cm³/mol. The number of hydrogen-bond acceptors (Lipinski definition) is 5. The van der Waals surface area contributed by atoms with E-state index in [0.29, 0.717) is 25.2 Å². The van der Waals surface area contributed by atoms with E-state index in [1.54, 1.807) is 12.1 Å². The van der Waals surface area contributed by atoms with Gasteiger partial charge in [0.15, 0.2) is 0 Å². The SMILES string of the molecule is CS(=O)(=O)CCCNCc1cccc(C(=O)O)n1. The largest absolute Gasteiger partial charge is 0.477 e. The number of rotatable bonds is 7. The fourth-order valence-corrected chi connectivity index (χ4v) is 2.04. The lowest BCUT2D eigenvalue weighted by Gasteiger charge is -2.04. The van der Waals surface area contributed by atoms with E-state index in [0.717, 1.165) is 0 Å². The Morgan fingerprint density at radius 1 is 1.44 bits per heavy atom. The van der Waals surface area contributed by atoms with E-state index in [4.69, 9.17) is 5.11 Å². The molecular weight excluding hydrogens is 256 g/mol. The van der Waals surface area contributed by atoms with Crippen LogP contribution in [0.2, 0.25) is 0 Å². The lowest BCUT2D eigenvalue weighted by Crippen LogP contribution is -2.19. The zero-order chi connectivity index (χ0) is 13.6. The third kappa shape index (κ3) is 5.74. The van der Waals surface area contributed by atoms with Crippen molar-refractivity contribution in [2.24, 2.45) is 0 Å². The zero-order valence-corrected chi connectivity index (χ0v) is 10.9. The van der Waals surface area contributed by atoms with Gasteiger partial charge in [-0.3, -0.25) is 0 Å². The molecule has 0 spiro atoms. The van der Waals surface area contributed by atoms with Crippen molar-refractivity contribution in [1.82, 2.24) is 10.3 Å². The fourth-order valence-electron chi connectivity index (χ4n) is 1.37. The molecular formula is C11H16N2O4S. The number of sulfone groups is 1. The van der Waals surface area contributed by atoms with E-state index in [1.807, 2.05) is 0 Å². The predicted octanol–water partition coefficient (Wildman–Crippen LogP) is 0.304. The average Bonchev–Trinajstić information content (AvgIpc) is 2.27. The first kappa shape index (κ1) is 14.6. The van der Waals surface area contributed by atoms with Gasteiger partial charge in [0.25, 0.3) is 0 Å². The summed E-state index contributed by atoms with van der Waals surface area (Å²) in [6.07, 6.45) is 1.72. The van der Waals surface area contributed by atoms with E-state index in [9.17, 15) is 13.2 Å². The molecule has 1 aromatic rings. The quantitative estimate of drug-likeness (QED) is 0.693. The first-order valence-corrected chi connectivity index (χ1v) is 7.52. The molecule has 1 rings (SSSR count). The van der Waals surface area contributed by atoms with Crippen LogP contribution in [0.5, 0.6) is 0 Å². The molecule has 0 fully saturated rings. The van der Waals surface area contributed by atoms with E-state index in [1.165, 1.54) is 12.3 Å². The lowest BCUT2D eigenvalue weighted by molar-refractivity contribution is 0.0690. The van der Waals surface area contributed by atoms with E-state index < -0.39 is 15.8 Å². The molecule has 6 nitrogen and oxygen atoms in total. The molecule has 0 radical (unpaired) electrons. The molecule has 0 aliphatic carbocycles. The van der Waals surface area contributed by atoms with Crippen molar-refractivity contribution in [2.45, 2.75) is 13.0 Å². The number of carboxylic acid groups (broad SMARTS) is 1. The van der Waals surface area contributed by atoms with Gasteiger partial charge in [-0.2, -0.15) is 0 Å². The molecule has 100 valence electrons. The van der Waals surface area contributed by atoms with Gasteiger partial charge in [-0.25, -0.2) is 18.2 Å². The van der Waals surface area contributed by atoms with Gasteiger partial charge in [0.1, 0.15) is 15.5 Å². The Hall–Kier alpha value is -1.47. The van der Waals surface area contributed by atoms with Gasteiger partial charge in [0, 0.05) is 12.8 Å². The van der Waals surface area contributed by atoms with Crippen molar-refractivity contribution in [3.05, 3.63) is 29.6 Å². The van der Waals surface area contributed by atoms with Crippen LogP contribution in [0, 0.1) is 0 Å². The van der Waals surface area contributed by atoms with Gasteiger partial charge >= 0.3 is 5.97 Å². The minimum atomic E-state index is -2.92. The Morgan fingerprint density at radius 2 is 2.17 bits per heavy atom. The van der Waals surface area contributed by atoms with Gasteiger partial charge in [-0.15, -0.1) is 0 Å². The van der Waals surface area contributed by atoms with Crippen molar-refractivity contribution in [3.8, 4) is 0 Å². The third-order valence-corrected chi connectivity index (χ3v) is 3.23. The molecule has 0 saturated heterocycles. The molecule has 0 aliphatic rings. The Labute approximate surface area is 106 Å². The first-order chi connectivity index (χ1) is 8.38. The highest BCUT2D eigenvalue weighted by Crippen LogP contribution is 1.99. The highest BCUT2D eigenvalue weighted by Gasteiger charge is 2.05. The molecule has 1 aromatic heterocycles. The fraction of sp³-hybridized carbons (Fsp3) is 0.455. The normalized spacial score (nSPS) is 11.4.